The second-order valence-corrected chi connectivity index (χ2v) is 17.8. The molecule has 3 aromatic heterocycles. The molecule has 7 aromatic rings. The van der Waals surface area contributed by atoms with Crippen LogP contribution in [0.25, 0.3) is 33.3 Å². The van der Waals surface area contributed by atoms with Gasteiger partial charge in [-0.1, -0.05) is 32.9 Å². The van der Waals surface area contributed by atoms with Gasteiger partial charge in [0.25, 0.3) is 0 Å². The van der Waals surface area contributed by atoms with Crippen molar-refractivity contribution in [1.82, 2.24) is 18.7 Å². The first-order valence-electron chi connectivity index (χ1n) is 17.8. The second kappa shape index (κ2) is 12.6. The van der Waals surface area contributed by atoms with Crippen LogP contribution in [0.5, 0.6) is 0 Å². The molecule has 0 bridgehead atoms. The second-order valence-electron chi connectivity index (χ2n) is 16.8. The Balaban J connectivity index is 1.58. The molecule has 7 rings (SSSR count). The topological polar surface area (TPSA) is 30.9 Å². The molecular formula is C45H49N5Pt. The molecule has 0 unspecified atom stereocenters. The summed E-state index contributed by atoms with van der Waals surface area (Å²) >= 11 is 2.40. The van der Waals surface area contributed by atoms with Crippen molar-refractivity contribution in [2.75, 3.05) is 4.90 Å². The normalized spacial score (nSPS) is 12.6. The van der Waals surface area contributed by atoms with Gasteiger partial charge in [-0.3, -0.25) is 0 Å². The summed E-state index contributed by atoms with van der Waals surface area (Å²) < 4.78 is 7.88. The van der Waals surface area contributed by atoms with E-state index in [4.69, 9.17) is 4.98 Å². The number of benzene rings is 4. The van der Waals surface area contributed by atoms with Crippen molar-refractivity contribution in [2.45, 2.75) is 78.6 Å². The first-order chi connectivity index (χ1) is 24.0. The average Bonchev–Trinajstić information content (AvgIpc) is 3.59. The van der Waals surface area contributed by atoms with E-state index in [0.29, 0.717) is 0 Å². The van der Waals surface area contributed by atoms with Gasteiger partial charge in [0.1, 0.15) is 0 Å². The molecule has 0 saturated heterocycles. The van der Waals surface area contributed by atoms with Crippen LogP contribution in [0.4, 0.5) is 17.1 Å². The van der Waals surface area contributed by atoms with Crippen LogP contribution in [0.15, 0.2) is 116 Å². The molecule has 0 amide bonds. The molecule has 0 fully saturated rings. The van der Waals surface area contributed by atoms with E-state index in [0.717, 1.165) is 37.7 Å². The molecule has 0 aliphatic rings. The van der Waals surface area contributed by atoms with Crippen LogP contribution in [-0.2, 0) is 42.6 Å². The number of anilines is 3. The van der Waals surface area contributed by atoms with Crippen LogP contribution >= 0.6 is 0 Å². The summed E-state index contributed by atoms with van der Waals surface area (Å²) in [6.07, 6.45) is 6.20. The maximum atomic E-state index is 4.98. The SMILES string of the molecule is Cn1ccn(-c2cccc(N(c3ccc4c5ccccc5n(-c5cc(C(C)(C)C)ccn5)c4c3)c3c(C(C)(C)C)cccc3C(C)(C)C)c2)[c]1=[Pt]. The first-order valence-corrected chi connectivity index (χ1v) is 18.9. The van der Waals surface area contributed by atoms with Crippen molar-refractivity contribution in [3.8, 4) is 11.5 Å². The molecule has 5 nitrogen and oxygen atoms in total. The number of rotatable bonds is 5. The fraction of sp³-hybridized carbons (Fsp3) is 0.289. The third-order valence-corrected chi connectivity index (χ3v) is 11.2. The Morgan fingerprint density at radius 1 is 0.608 bits per heavy atom. The van der Waals surface area contributed by atoms with Crippen LogP contribution in [0.3, 0.4) is 0 Å². The number of para-hydroxylation sites is 2. The van der Waals surface area contributed by atoms with E-state index >= 15 is 0 Å². The summed E-state index contributed by atoms with van der Waals surface area (Å²) in [5.74, 6) is 0.930. The van der Waals surface area contributed by atoms with Gasteiger partial charge in [0, 0.05) is 6.20 Å². The zero-order valence-electron chi connectivity index (χ0n) is 31.5. The van der Waals surface area contributed by atoms with E-state index in [1.54, 1.807) is 0 Å². The fourth-order valence-corrected chi connectivity index (χ4v) is 7.80. The number of fused-ring (bicyclic) bond motifs is 3. The Kier molecular flexibility index (Phi) is 8.66. The molecule has 0 radical (unpaired) electrons. The van der Waals surface area contributed by atoms with Crippen molar-refractivity contribution < 1.29 is 19.4 Å². The van der Waals surface area contributed by atoms with Crippen molar-refractivity contribution in [3.05, 3.63) is 136 Å². The number of aryl methyl sites for hydroxylation is 1. The van der Waals surface area contributed by atoms with Gasteiger partial charge >= 0.3 is 259 Å². The van der Waals surface area contributed by atoms with Crippen LogP contribution in [0.1, 0.15) is 79.0 Å². The van der Waals surface area contributed by atoms with Gasteiger partial charge in [-0.15, -0.1) is 0 Å². The van der Waals surface area contributed by atoms with E-state index in [9.17, 15) is 0 Å². The Morgan fingerprint density at radius 3 is 1.90 bits per heavy atom. The Bertz CT molecular complexity index is 2440. The van der Waals surface area contributed by atoms with Crippen molar-refractivity contribution in [1.29, 1.82) is 0 Å². The van der Waals surface area contributed by atoms with Crippen molar-refractivity contribution in [2.24, 2.45) is 7.05 Å². The van der Waals surface area contributed by atoms with E-state index in [2.05, 4.69) is 217 Å². The van der Waals surface area contributed by atoms with E-state index in [1.165, 1.54) is 33.2 Å². The third kappa shape index (κ3) is 6.35. The molecule has 6 heteroatoms. The van der Waals surface area contributed by atoms with Gasteiger partial charge in [-0.25, -0.2) is 0 Å². The summed E-state index contributed by atoms with van der Waals surface area (Å²) in [4.78, 5) is 7.48. The van der Waals surface area contributed by atoms with Gasteiger partial charge in [-0.05, 0) is 17.0 Å². The average molecular weight is 855 g/mol. The minimum absolute atomic E-state index is 0.00191. The number of hydrogen-bond donors (Lipinski definition) is 0. The fourth-order valence-electron chi connectivity index (χ4n) is 7.17. The molecule has 4 aromatic carbocycles. The Labute approximate surface area is 313 Å². The quantitative estimate of drug-likeness (QED) is 0.173. The monoisotopic (exact) mass is 854 g/mol. The summed E-state index contributed by atoms with van der Waals surface area (Å²) in [5, 5.41) is 2.43. The molecule has 0 aliphatic heterocycles. The minimum atomic E-state index is -0.105. The molecule has 51 heavy (non-hydrogen) atoms. The van der Waals surface area contributed by atoms with Crippen molar-refractivity contribution >= 4 is 38.9 Å². The van der Waals surface area contributed by atoms with Gasteiger partial charge in [0.05, 0.1) is 0 Å². The van der Waals surface area contributed by atoms with Crippen LogP contribution in [0, 0.1) is 3.80 Å². The van der Waals surface area contributed by atoms with Crippen LogP contribution < -0.4 is 4.90 Å². The molecule has 0 N–H and O–H groups in total. The van der Waals surface area contributed by atoms with Crippen LogP contribution in [0.2, 0.25) is 0 Å². The molecular weight excluding hydrogens is 806 g/mol. The summed E-state index contributed by atoms with van der Waals surface area (Å²) in [6.45, 7) is 20.7. The molecule has 0 saturated carbocycles. The Morgan fingerprint density at radius 2 is 1.25 bits per heavy atom. The van der Waals surface area contributed by atoms with E-state index < -0.39 is 0 Å². The predicted octanol–water partition coefficient (Wildman–Crippen LogP) is 11.7. The molecule has 0 aliphatic carbocycles. The maximum absolute atomic E-state index is 4.98. The van der Waals surface area contributed by atoms with Gasteiger partial charge in [-0.2, -0.15) is 0 Å². The standard InChI is InChI=1S/C45H49N5.Pt/c1-43(2,3)31-23-24-46-41(27-31)50-39-20-12-11-17-35(39)36-22-21-34(29-40(36)50)49(33-16-13-15-32(28-33)48-26-25-47(10)30-48)42-37(44(4,5)6)18-14-19-38(42)45(7,8)9;/h11-29H,1-10H3;. The molecule has 264 valence electrons. The van der Waals surface area contributed by atoms with Gasteiger partial charge in [0.15, 0.2) is 0 Å². The van der Waals surface area contributed by atoms with E-state index in [-0.39, 0.29) is 16.2 Å². The summed E-state index contributed by atoms with van der Waals surface area (Å²) in [5.41, 5.74) is 10.5. The number of hydrogen-bond acceptors (Lipinski definition) is 2. The zero-order chi connectivity index (χ0) is 36.5. The van der Waals surface area contributed by atoms with Crippen LogP contribution in [-0.4, -0.2) is 18.7 Å². The van der Waals surface area contributed by atoms with Gasteiger partial charge < -0.3 is 0 Å². The zero-order valence-corrected chi connectivity index (χ0v) is 33.8. The van der Waals surface area contributed by atoms with E-state index in [1.807, 2.05) is 6.20 Å². The first kappa shape index (κ1) is 35.0. The molecule has 0 atom stereocenters. The molecule has 0 spiro atoms. The predicted molar refractivity (Wildman–Crippen MR) is 211 cm³/mol. The summed E-state index contributed by atoms with van der Waals surface area (Å²) in [6, 6.07) is 35.9. The van der Waals surface area contributed by atoms with Gasteiger partial charge in [0.2, 0.25) is 0 Å². The Hall–Kier alpha value is -4.47. The number of pyridine rings is 1. The third-order valence-electron chi connectivity index (χ3n) is 9.89. The number of aromatic nitrogens is 4. The summed E-state index contributed by atoms with van der Waals surface area (Å²) in [7, 11) is 2.09. The molecule has 3 heterocycles. The number of nitrogens with zero attached hydrogens (tertiary/aromatic N) is 5. The number of imidazole rings is 1. The van der Waals surface area contributed by atoms with Crippen molar-refractivity contribution in [3.63, 3.8) is 0 Å².